The van der Waals surface area contributed by atoms with Crippen molar-refractivity contribution in [2.24, 2.45) is 5.41 Å². The number of aromatic nitrogens is 1. The van der Waals surface area contributed by atoms with Gasteiger partial charge in [-0.25, -0.2) is 0 Å². The first-order chi connectivity index (χ1) is 8.09. The number of nitrogens with zero attached hydrogens (tertiary/aromatic N) is 2. The molecule has 1 aromatic heterocycles. The number of rotatable bonds is 7. The lowest BCUT2D eigenvalue weighted by Crippen LogP contribution is -2.12. The van der Waals surface area contributed by atoms with Crippen molar-refractivity contribution >= 4 is 0 Å². The van der Waals surface area contributed by atoms with E-state index in [0.29, 0.717) is 0 Å². The van der Waals surface area contributed by atoms with Crippen LogP contribution in [-0.4, -0.2) is 11.6 Å². The second kappa shape index (κ2) is 6.46. The van der Waals surface area contributed by atoms with Gasteiger partial charge in [-0.15, -0.1) is 0 Å². The molecule has 0 spiro atoms. The van der Waals surface area contributed by atoms with Crippen LogP contribution in [0.25, 0.3) is 0 Å². The molecule has 3 nitrogen and oxygen atoms in total. The molecule has 0 amide bonds. The molecular formula is C14H23N3. The lowest BCUT2D eigenvalue weighted by molar-refractivity contribution is 0.415. The summed E-state index contributed by atoms with van der Waals surface area (Å²) in [6.45, 7) is 5.98. The van der Waals surface area contributed by atoms with E-state index in [1.54, 1.807) is 0 Å². The van der Waals surface area contributed by atoms with E-state index in [1.807, 2.05) is 20.9 Å². The van der Waals surface area contributed by atoms with E-state index >= 15 is 0 Å². The predicted molar refractivity (Wildman–Crippen MR) is 70.4 cm³/mol. The molecule has 0 aromatic carbocycles. The normalized spacial score (nSPS) is 11.4. The Morgan fingerprint density at radius 2 is 2.18 bits per heavy atom. The van der Waals surface area contributed by atoms with Crippen LogP contribution in [0.2, 0.25) is 0 Å². The van der Waals surface area contributed by atoms with Crippen LogP contribution in [0, 0.1) is 16.7 Å². The average Bonchev–Trinajstić information content (AvgIpc) is 2.73. The van der Waals surface area contributed by atoms with Crippen molar-refractivity contribution in [3.05, 3.63) is 24.0 Å². The molecule has 1 N–H and O–H groups in total. The molecule has 0 saturated heterocycles. The van der Waals surface area contributed by atoms with Crippen molar-refractivity contribution in [1.82, 2.24) is 9.88 Å². The molecule has 1 heterocycles. The summed E-state index contributed by atoms with van der Waals surface area (Å²) in [6.07, 6.45) is 5.35. The Kier molecular flexibility index (Phi) is 5.24. The van der Waals surface area contributed by atoms with Crippen LogP contribution in [0.15, 0.2) is 18.3 Å². The Labute approximate surface area is 104 Å². The monoisotopic (exact) mass is 233 g/mol. The minimum absolute atomic E-state index is 0.176. The van der Waals surface area contributed by atoms with Gasteiger partial charge in [-0.3, -0.25) is 0 Å². The lowest BCUT2D eigenvalue weighted by Gasteiger charge is -2.15. The molecule has 0 aliphatic carbocycles. The van der Waals surface area contributed by atoms with Crippen molar-refractivity contribution in [2.45, 2.75) is 46.2 Å². The van der Waals surface area contributed by atoms with Gasteiger partial charge in [0.05, 0.1) is 11.5 Å². The number of unbranched alkanes of at least 4 members (excludes halogenated alkanes) is 1. The van der Waals surface area contributed by atoms with E-state index in [0.717, 1.165) is 32.4 Å². The third-order valence-corrected chi connectivity index (χ3v) is 3.03. The van der Waals surface area contributed by atoms with Crippen LogP contribution in [0.5, 0.6) is 0 Å². The van der Waals surface area contributed by atoms with Crippen molar-refractivity contribution in [1.29, 1.82) is 5.26 Å². The summed E-state index contributed by atoms with van der Waals surface area (Å²) < 4.78 is 2.29. The van der Waals surface area contributed by atoms with Crippen LogP contribution in [-0.2, 0) is 13.1 Å². The van der Waals surface area contributed by atoms with Crippen LogP contribution < -0.4 is 5.32 Å². The highest BCUT2D eigenvalue weighted by molar-refractivity contribution is 5.06. The number of hydrogen-bond donors (Lipinski definition) is 1. The molecule has 3 heteroatoms. The van der Waals surface area contributed by atoms with Crippen molar-refractivity contribution < 1.29 is 0 Å². The van der Waals surface area contributed by atoms with Crippen LogP contribution in [0.3, 0.4) is 0 Å². The maximum atomic E-state index is 8.93. The van der Waals surface area contributed by atoms with Gasteiger partial charge in [0.15, 0.2) is 0 Å². The summed E-state index contributed by atoms with van der Waals surface area (Å²) in [5.41, 5.74) is 1.15. The maximum Gasteiger partial charge on any atom is 0.0683 e. The Balaban J connectivity index is 2.31. The van der Waals surface area contributed by atoms with Gasteiger partial charge >= 0.3 is 0 Å². The summed E-state index contributed by atoms with van der Waals surface area (Å²) in [6, 6.07) is 6.59. The molecule has 0 aliphatic heterocycles. The quantitative estimate of drug-likeness (QED) is 0.736. The highest BCUT2D eigenvalue weighted by atomic mass is 15.0. The van der Waals surface area contributed by atoms with Crippen molar-refractivity contribution in [2.75, 3.05) is 7.05 Å². The first kappa shape index (κ1) is 13.8. The van der Waals surface area contributed by atoms with Crippen molar-refractivity contribution in [3.63, 3.8) is 0 Å². The lowest BCUT2D eigenvalue weighted by atomic mass is 9.89. The fraction of sp³-hybridized carbons (Fsp3) is 0.643. The molecular weight excluding hydrogens is 210 g/mol. The number of nitriles is 1. The molecule has 0 aliphatic rings. The Morgan fingerprint density at radius 3 is 2.82 bits per heavy atom. The molecule has 0 unspecified atom stereocenters. The summed E-state index contributed by atoms with van der Waals surface area (Å²) in [7, 11) is 1.97. The SMILES string of the molecule is CNCc1cccn1CCCCC(C)(C)C#N. The van der Waals surface area contributed by atoms with Crippen molar-refractivity contribution in [3.8, 4) is 6.07 Å². The number of hydrogen-bond acceptors (Lipinski definition) is 2. The molecule has 1 aromatic rings. The molecule has 0 radical (unpaired) electrons. The van der Waals surface area contributed by atoms with Gasteiger partial charge in [-0.05, 0) is 45.9 Å². The third kappa shape index (κ3) is 4.62. The third-order valence-electron chi connectivity index (χ3n) is 3.03. The maximum absolute atomic E-state index is 8.93. The zero-order chi connectivity index (χ0) is 12.7. The molecule has 1 rings (SSSR count). The van der Waals surface area contributed by atoms with Gasteiger partial charge in [-0.1, -0.05) is 6.42 Å². The summed E-state index contributed by atoms with van der Waals surface area (Å²) in [4.78, 5) is 0. The number of nitrogens with one attached hydrogen (secondary N) is 1. The first-order valence-corrected chi connectivity index (χ1v) is 6.29. The Morgan fingerprint density at radius 1 is 1.41 bits per heavy atom. The average molecular weight is 233 g/mol. The van der Waals surface area contributed by atoms with Crippen LogP contribution in [0.4, 0.5) is 0 Å². The minimum atomic E-state index is -0.176. The molecule has 0 atom stereocenters. The zero-order valence-electron chi connectivity index (χ0n) is 11.2. The molecule has 17 heavy (non-hydrogen) atoms. The van der Waals surface area contributed by atoms with E-state index in [9.17, 15) is 0 Å². The summed E-state index contributed by atoms with van der Waals surface area (Å²) in [5, 5.41) is 12.1. The largest absolute Gasteiger partial charge is 0.350 e. The topological polar surface area (TPSA) is 40.8 Å². The molecule has 0 saturated carbocycles. The van der Waals surface area contributed by atoms with E-state index in [4.69, 9.17) is 5.26 Å². The smallest absolute Gasteiger partial charge is 0.0683 e. The summed E-state index contributed by atoms with van der Waals surface area (Å²) in [5.74, 6) is 0. The molecule has 94 valence electrons. The van der Waals surface area contributed by atoms with Gasteiger partial charge in [0.2, 0.25) is 0 Å². The number of aryl methyl sites for hydroxylation is 1. The second-order valence-electron chi connectivity index (χ2n) is 5.18. The molecule has 0 bridgehead atoms. The fourth-order valence-electron chi connectivity index (χ4n) is 1.91. The van der Waals surface area contributed by atoms with Gasteiger partial charge in [0.25, 0.3) is 0 Å². The first-order valence-electron chi connectivity index (χ1n) is 6.29. The van der Waals surface area contributed by atoms with Gasteiger partial charge in [0.1, 0.15) is 0 Å². The Hall–Kier alpha value is -1.27. The van der Waals surface area contributed by atoms with E-state index in [2.05, 4.69) is 34.3 Å². The van der Waals surface area contributed by atoms with Gasteiger partial charge in [0, 0.05) is 25.0 Å². The van der Waals surface area contributed by atoms with E-state index < -0.39 is 0 Å². The molecule has 0 fully saturated rings. The zero-order valence-corrected chi connectivity index (χ0v) is 11.2. The van der Waals surface area contributed by atoms with E-state index in [1.165, 1.54) is 5.69 Å². The van der Waals surface area contributed by atoms with Crippen LogP contribution in [0.1, 0.15) is 38.8 Å². The highest BCUT2D eigenvalue weighted by Crippen LogP contribution is 2.21. The Bertz CT molecular complexity index is 371. The van der Waals surface area contributed by atoms with Gasteiger partial charge < -0.3 is 9.88 Å². The van der Waals surface area contributed by atoms with Crippen LogP contribution >= 0.6 is 0 Å². The standard InChI is InChI=1S/C14H23N3/c1-14(2,12-15)8-4-5-9-17-10-6-7-13(17)11-16-3/h6-7,10,16H,4-5,8-9,11H2,1-3H3. The fourth-order valence-corrected chi connectivity index (χ4v) is 1.91. The van der Waals surface area contributed by atoms with E-state index in [-0.39, 0.29) is 5.41 Å². The second-order valence-corrected chi connectivity index (χ2v) is 5.18. The highest BCUT2D eigenvalue weighted by Gasteiger charge is 2.15. The van der Waals surface area contributed by atoms with Gasteiger partial charge in [-0.2, -0.15) is 5.26 Å². The minimum Gasteiger partial charge on any atom is -0.350 e. The summed E-state index contributed by atoms with van der Waals surface area (Å²) >= 11 is 0. The predicted octanol–water partition coefficient (Wildman–Crippen LogP) is 2.93.